The van der Waals surface area contributed by atoms with Gasteiger partial charge in [0.2, 0.25) is 0 Å². The van der Waals surface area contributed by atoms with Crippen molar-refractivity contribution < 1.29 is 19.4 Å². The highest BCUT2D eigenvalue weighted by Gasteiger charge is 2.30. The smallest absolute Gasteiger partial charge is 0.306 e. The van der Waals surface area contributed by atoms with Crippen molar-refractivity contribution in [2.45, 2.75) is 25.5 Å². The molecule has 3 aromatic carbocycles. The molecule has 1 N–H and O–H groups in total. The zero-order valence-corrected chi connectivity index (χ0v) is 20.7. The van der Waals surface area contributed by atoms with Crippen LogP contribution in [-0.2, 0) is 11.4 Å². The number of nitrogens with zero attached hydrogens (tertiary/aromatic N) is 2. The minimum Gasteiger partial charge on any atom is -0.493 e. The van der Waals surface area contributed by atoms with Gasteiger partial charge in [0.1, 0.15) is 6.61 Å². The Hall–Kier alpha value is -3.51. The van der Waals surface area contributed by atoms with Gasteiger partial charge in [-0.2, -0.15) is 0 Å². The first-order valence-electron chi connectivity index (χ1n) is 12.0. The summed E-state index contributed by atoms with van der Waals surface area (Å²) in [6.07, 6.45) is 1.30. The number of likely N-dealkylation sites (tertiary alicyclic amines) is 1. The molecule has 1 heterocycles. The van der Waals surface area contributed by atoms with Crippen LogP contribution in [-0.4, -0.2) is 50.3 Å². The zero-order valence-electron chi connectivity index (χ0n) is 20.7. The summed E-state index contributed by atoms with van der Waals surface area (Å²) >= 11 is 0. The summed E-state index contributed by atoms with van der Waals surface area (Å²) < 4.78 is 11.8. The standard InChI is InChI=1S/C29H34N2O4/c1-30(2)25-12-9-22(10-13-25)28(31-17-15-23(16-18-31)29(32)33)24-11-14-26(27(19-24)34-3)35-20-21-7-5-4-6-8-21/h4-14,19,23,28H,15-18,20H2,1-3H3,(H,32,33). The number of piperidine rings is 1. The second-order valence-electron chi connectivity index (χ2n) is 9.22. The Morgan fingerprint density at radius 1 is 0.971 bits per heavy atom. The van der Waals surface area contributed by atoms with Gasteiger partial charge in [-0.1, -0.05) is 48.5 Å². The summed E-state index contributed by atoms with van der Waals surface area (Å²) in [6.45, 7) is 1.92. The second-order valence-corrected chi connectivity index (χ2v) is 9.22. The molecule has 1 aliphatic rings. The molecule has 0 amide bonds. The number of hydrogen-bond acceptors (Lipinski definition) is 5. The SMILES string of the molecule is COc1cc(C(c2ccc(N(C)C)cc2)N2CCC(C(=O)O)CC2)ccc1OCc1ccccc1. The molecule has 1 atom stereocenters. The van der Waals surface area contributed by atoms with E-state index in [0.717, 1.165) is 29.9 Å². The first-order chi connectivity index (χ1) is 17.0. The molecule has 1 unspecified atom stereocenters. The predicted molar refractivity (Wildman–Crippen MR) is 138 cm³/mol. The Balaban J connectivity index is 1.62. The van der Waals surface area contributed by atoms with Crippen LogP contribution in [0.2, 0.25) is 0 Å². The van der Waals surface area contributed by atoms with E-state index >= 15 is 0 Å². The van der Waals surface area contributed by atoms with E-state index in [1.807, 2.05) is 56.6 Å². The molecule has 1 aliphatic heterocycles. The summed E-state index contributed by atoms with van der Waals surface area (Å²) in [7, 11) is 5.72. The van der Waals surface area contributed by atoms with Crippen LogP contribution in [0.3, 0.4) is 0 Å². The van der Waals surface area contributed by atoms with Gasteiger partial charge in [0.05, 0.1) is 19.1 Å². The van der Waals surface area contributed by atoms with Crippen LogP contribution in [0.5, 0.6) is 11.5 Å². The third kappa shape index (κ3) is 5.95. The lowest BCUT2D eigenvalue weighted by atomic mass is 9.91. The van der Waals surface area contributed by atoms with Gasteiger partial charge in [0.25, 0.3) is 0 Å². The molecule has 0 radical (unpaired) electrons. The second kappa shape index (κ2) is 11.3. The molecular formula is C29H34N2O4. The van der Waals surface area contributed by atoms with Crippen LogP contribution in [0.25, 0.3) is 0 Å². The summed E-state index contributed by atoms with van der Waals surface area (Å²) in [5.41, 5.74) is 4.50. The summed E-state index contributed by atoms with van der Waals surface area (Å²) in [5.74, 6) is 0.421. The molecule has 35 heavy (non-hydrogen) atoms. The van der Waals surface area contributed by atoms with Crippen LogP contribution < -0.4 is 14.4 Å². The van der Waals surface area contributed by atoms with Gasteiger partial charge in [-0.3, -0.25) is 9.69 Å². The quantitative estimate of drug-likeness (QED) is 0.458. The van der Waals surface area contributed by atoms with E-state index in [9.17, 15) is 9.90 Å². The summed E-state index contributed by atoms with van der Waals surface area (Å²) in [4.78, 5) is 16.0. The Labute approximate surface area is 207 Å². The van der Waals surface area contributed by atoms with Crippen molar-refractivity contribution in [1.29, 1.82) is 0 Å². The largest absolute Gasteiger partial charge is 0.493 e. The third-order valence-electron chi connectivity index (χ3n) is 6.71. The van der Waals surface area contributed by atoms with Crippen LogP contribution in [0.4, 0.5) is 5.69 Å². The molecule has 1 fully saturated rings. The summed E-state index contributed by atoms with van der Waals surface area (Å²) in [5, 5.41) is 9.46. The van der Waals surface area contributed by atoms with E-state index in [1.165, 1.54) is 5.56 Å². The molecule has 0 saturated carbocycles. The normalized spacial score (nSPS) is 15.4. The van der Waals surface area contributed by atoms with Gasteiger partial charge >= 0.3 is 5.97 Å². The lowest BCUT2D eigenvalue weighted by Gasteiger charge is -2.37. The van der Waals surface area contributed by atoms with E-state index < -0.39 is 5.97 Å². The van der Waals surface area contributed by atoms with Crippen molar-refractivity contribution in [1.82, 2.24) is 4.90 Å². The molecular weight excluding hydrogens is 440 g/mol. The fourth-order valence-electron chi connectivity index (χ4n) is 4.68. The molecule has 0 aliphatic carbocycles. The molecule has 184 valence electrons. The lowest BCUT2D eigenvalue weighted by Crippen LogP contribution is -2.39. The van der Waals surface area contributed by atoms with Crippen molar-refractivity contribution in [3.63, 3.8) is 0 Å². The molecule has 1 saturated heterocycles. The third-order valence-corrected chi connectivity index (χ3v) is 6.71. The number of ether oxygens (including phenoxy) is 2. The number of rotatable bonds is 9. The van der Waals surface area contributed by atoms with Gasteiger partial charge in [-0.25, -0.2) is 0 Å². The van der Waals surface area contributed by atoms with Crippen molar-refractivity contribution in [2.24, 2.45) is 5.92 Å². The number of carboxylic acid groups (broad SMARTS) is 1. The number of benzene rings is 3. The fraction of sp³-hybridized carbons (Fsp3) is 0.345. The van der Waals surface area contributed by atoms with Crippen molar-refractivity contribution >= 4 is 11.7 Å². The maximum atomic E-state index is 11.5. The number of carboxylic acids is 1. The van der Waals surface area contributed by atoms with E-state index in [-0.39, 0.29) is 12.0 Å². The first kappa shape index (κ1) is 24.6. The zero-order chi connectivity index (χ0) is 24.8. The van der Waals surface area contributed by atoms with Gasteiger partial charge in [0, 0.05) is 19.8 Å². The number of anilines is 1. The van der Waals surface area contributed by atoms with Crippen molar-refractivity contribution in [2.75, 3.05) is 39.2 Å². The van der Waals surface area contributed by atoms with Gasteiger partial charge in [-0.05, 0) is 66.9 Å². The molecule has 0 bridgehead atoms. The van der Waals surface area contributed by atoms with Crippen LogP contribution >= 0.6 is 0 Å². The van der Waals surface area contributed by atoms with Gasteiger partial charge in [0.15, 0.2) is 11.5 Å². The molecule has 6 nitrogen and oxygen atoms in total. The highest BCUT2D eigenvalue weighted by atomic mass is 16.5. The molecule has 6 heteroatoms. The van der Waals surface area contributed by atoms with Gasteiger partial charge < -0.3 is 19.5 Å². The first-order valence-corrected chi connectivity index (χ1v) is 12.0. The number of hydrogen-bond donors (Lipinski definition) is 1. The van der Waals surface area contributed by atoms with Crippen LogP contribution in [0.15, 0.2) is 72.8 Å². The number of aliphatic carboxylic acids is 1. The van der Waals surface area contributed by atoms with Crippen molar-refractivity contribution in [3.8, 4) is 11.5 Å². The molecule has 4 rings (SSSR count). The lowest BCUT2D eigenvalue weighted by molar-refractivity contribution is -0.143. The average Bonchev–Trinajstić information content (AvgIpc) is 2.89. The van der Waals surface area contributed by atoms with Crippen molar-refractivity contribution in [3.05, 3.63) is 89.5 Å². The topological polar surface area (TPSA) is 62.2 Å². The van der Waals surface area contributed by atoms with Crippen LogP contribution in [0, 0.1) is 5.92 Å². The Bertz CT molecular complexity index is 1110. The average molecular weight is 475 g/mol. The highest BCUT2D eigenvalue weighted by molar-refractivity contribution is 5.70. The fourth-order valence-corrected chi connectivity index (χ4v) is 4.68. The van der Waals surface area contributed by atoms with E-state index in [2.05, 4.69) is 40.1 Å². The van der Waals surface area contributed by atoms with E-state index in [1.54, 1.807) is 7.11 Å². The van der Waals surface area contributed by atoms with Crippen LogP contribution in [0.1, 0.15) is 35.6 Å². The Morgan fingerprint density at radius 2 is 1.63 bits per heavy atom. The van der Waals surface area contributed by atoms with Gasteiger partial charge in [-0.15, -0.1) is 0 Å². The predicted octanol–water partition coefficient (Wildman–Crippen LogP) is 5.23. The molecule has 3 aromatic rings. The minimum atomic E-state index is -0.696. The monoisotopic (exact) mass is 474 g/mol. The van der Waals surface area contributed by atoms with E-state index in [0.29, 0.717) is 30.9 Å². The molecule has 0 aromatic heterocycles. The highest BCUT2D eigenvalue weighted by Crippen LogP contribution is 2.38. The maximum Gasteiger partial charge on any atom is 0.306 e. The number of methoxy groups -OCH3 is 1. The Kier molecular flexibility index (Phi) is 7.93. The maximum absolute atomic E-state index is 11.5. The minimum absolute atomic E-state index is 0.00182. The summed E-state index contributed by atoms with van der Waals surface area (Å²) in [6, 6.07) is 24.8. The Morgan fingerprint density at radius 3 is 2.23 bits per heavy atom. The number of carbonyl (C=O) groups is 1. The molecule has 0 spiro atoms. The van der Waals surface area contributed by atoms with E-state index in [4.69, 9.17) is 9.47 Å².